The second-order valence-corrected chi connectivity index (χ2v) is 11.2. The average Bonchev–Trinajstić information content (AvgIpc) is 3.11. The summed E-state index contributed by atoms with van der Waals surface area (Å²) in [5.74, 6) is 1.31. The number of aliphatic imine (C=N–C) groups is 1. The molecule has 2 aromatic carbocycles. The first-order valence-electron chi connectivity index (χ1n) is 13.8. The summed E-state index contributed by atoms with van der Waals surface area (Å²) in [4.78, 5) is 22.1. The largest absolute Gasteiger partial charge is 0.491 e. The minimum atomic E-state index is -0.596. The molecule has 1 aliphatic carbocycles. The highest BCUT2D eigenvalue weighted by Crippen LogP contribution is 2.41. The Kier molecular flexibility index (Phi) is 10.7. The van der Waals surface area contributed by atoms with Gasteiger partial charge < -0.3 is 10.1 Å². The molecule has 39 heavy (non-hydrogen) atoms. The van der Waals surface area contributed by atoms with Crippen LogP contribution in [0.2, 0.25) is 0 Å². The number of benzene rings is 2. The number of hydrogen-bond acceptors (Lipinski definition) is 4. The van der Waals surface area contributed by atoms with Crippen molar-refractivity contribution in [3.63, 3.8) is 0 Å². The van der Waals surface area contributed by atoms with E-state index in [9.17, 15) is 9.18 Å². The SMILES string of the molecule is CC(C)Oc1cccc(CN2CC[C@@]3(C[C@@H]2C)C(NC2CCCCC2)=NC(=O)N3c2cccc(F)c2)c1.Cl.Cl. The number of likely N-dealkylation sites (tertiary alicyclic amines) is 1. The molecule has 0 aromatic heterocycles. The van der Waals surface area contributed by atoms with Crippen molar-refractivity contribution >= 4 is 42.4 Å². The average molecular weight is 580 g/mol. The molecule has 5 rings (SSSR count). The van der Waals surface area contributed by atoms with E-state index in [2.05, 4.69) is 34.3 Å². The number of hydrogen-bond donors (Lipinski definition) is 1. The standard InChI is InChI=1S/C30H39FN4O2.2ClH/c1-21(2)37-27-14-7-9-23(17-27)20-34-16-15-30(19-22(34)3)28(32-25-11-5-4-6-12-25)33-29(36)35(30)26-13-8-10-24(31)18-26;;/h7-10,13-14,17-18,21-22,25H,4-6,11-12,15-16,19-20H2,1-3H3,(H,32,33,36);2*1H/t22-,30+;;/m0../s1. The van der Waals surface area contributed by atoms with E-state index >= 15 is 0 Å². The summed E-state index contributed by atoms with van der Waals surface area (Å²) in [6, 6.07) is 14.9. The van der Waals surface area contributed by atoms with Gasteiger partial charge in [-0.15, -0.1) is 24.8 Å². The van der Waals surface area contributed by atoms with Crippen molar-refractivity contribution in [1.82, 2.24) is 10.2 Å². The Morgan fingerprint density at radius 1 is 1.10 bits per heavy atom. The summed E-state index contributed by atoms with van der Waals surface area (Å²) < 4.78 is 20.2. The first-order valence-corrected chi connectivity index (χ1v) is 13.8. The number of amidine groups is 1. The lowest BCUT2D eigenvalue weighted by molar-refractivity contribution is 0.122. The quantitative estimate of drug-likeness (QED) is 0.395. The highest BCUT2D eigenvalue weighted by atomic mass is 35.5. The lowest BCUT2D eigenvalue weighted by atomic mass is 9.80. The highest BCUT2D eigenvalue weighted by molar-refractivity contribution is 6.16. The number of amides is 2. The summed E-state index contributed by atoms with van der Waals surface area (Å²) in [5.41, 5.74) is 1.19. The third-order valence-corrected chi connectivity index (χ3v) is 8.00. The maximum absolute atomic E-state index is 14.3. The van der Waals surface area contributed by atoms with Gasteiger partial charge in [-0.3, -0.25) is 9.80 Å². The summed E-state index contributed by atoms with van der Waals surface area (Å²) in [6.45, 7) is 7.91. The minimum absolute atomic E-state index is 0. The molecular formula is C30H41Cl2FN4O2. The van der Waals surface area contributed by atoms with Crippen LogP contribution >= 0.6 is 24.8 Å². The van der Waals surface area contributed by atoms with Crippen LogP contribution < -0.4 is 15.0 Å². The molecule has 2 amide bonds. The molecule has 1 saturated carbocycles. The topological polar surface area (TPSA) is 57.2 Å². The Balaban J connectivity index is 0.00000210. The molecule has 0 bridgehead atoms. The van der Waals surface area contributed by atoms with Gasteiger partial charge in [0, 0.05) is 30.9 Å². The van der Waals surface area contributed by atoms with E-state index in [0.29, 0.717) is 11.7 Å². The Morgan fingerprint density at radius 2 is 1.85 bits per heavy atom. The van der Waals surface area contributed by atoms with Gasteiger partial charge in [-0.25, -0.2) is 9.18 Å². The highest BCUT2D eigenvalue weighted by Gasteiger charge is 2.53. The van der Waals surface area contributed by atoms with Crippen LogP contribution in [0.25, 0.3) is 0 Å². The van der Waals surface area contributed by atoms with Gasteiger partial charge in [-0.05, 0) is 82.3 Å². The zero-order chi connectivity index (χ0) is 26.0. The van der Waals surface area contributed by atoms with E-state index in [1.54, 1.807) is 11.0 Å². The molecule has 1 N–H and O–H groups in total. The normalized spacial score (nSPS) is 23.8. The van der Waals surface area contributed by atoms with Crippen LogP contribution in [-0.4, -0.2) is 47.0 Å². The molecule has 6 nitrogen and oxygen atoms in total. The van der Waals surface area contributed by atoms with Crippen molar-refractivity contribution in [2.24, 2.45) is 4.99 Å². The zero-order valence-corrected chi connectivity index (χ0v) is 24.7. The number of urea groups is 1. The van der Waals surface area contributed by atoms with E-state index in [-0.39, 0.29) is 48.8 Å². The molecule has 0 radical (unpaired) electrons. The lowest BCUT2D eigenvalue weighted by Gasteiger charge is -2.48. The van der Waals surface area contributed by atoms with Gasteiger partial charge in [0.25, 0.3) is 0 Å². The Labute approximate surface area is 244 Å². The van der Waals surface area contributed by atoms with Crippen molar-refractivity contribution in [2.75, 3.05) is 11.4 Å². The van der Waals surface area contributed by atoms with Crippen LogP contribution in [0.5, 0.6) is 5.75 Å². The van der Waals surface area contributed by atoms with Gasteiger partial charge >= 0.3 is 6.03 Å². The first-order chi connectivity index (χ1) is 17.8. The van der Waals surface area contributed by atoms with Gasteiger partial charge in [0.15, 0.2) is 0 Å². The summed E-state index contributed by atoms with van der Waals surface area (Å²) in [6.07, 6.45) is 7.45. The van der Waals surface area contributed by atoms with E-state index in [4.69, 9.17) is 4.74 Å². The number of anilines is 1. The summed E-state index contributed by atoms with van der Waals surface area (Å²) in [5, 5.41) is 3.69. The summed E-state index contributed by atoms with van der Waals surface area (Å²) >= 11 is 0. The van der Waals surface area contributed by atoms with Gasteiger partial charge in [-0.2, -0.15) is 4.99 Å². The molecule has 2 fully saturated rings. The van der Waals surface area contributed by atoms with Crippen molar-refractivity contribution in [3.8, 4) is 5.75 Å². The fourth-order valence-corrected chi connectivity index (χ4v) is 6.26. The molecule has 1 spiro atoms. The Morgan fingerprint density at radius 3 is 2.54 bits per heavy atom. The number of halogens is 3. The van der Waals surface area contributed by atoms with E-state index in [0.717, 1.165) is 50.4 Å². The third kappa shape index (κ3) is 6.87. The predicted molar refractivity (Wildman–Crippen MR) is 160 cm³/mol. The molecule has 2 aliphatic heterocycles. The molecule has 3 aliphatic rings. The summed E-state index contributed by atoms with van der Waals surface area (Å²) in [7, 11) is 0. The van der Waals surface area contributed by atoms with Crippen LogP contribution in [0.1, 0.15) is 71.3 Å². The fraction of sp³-hybridized carbons (Fsp3) is 0.533. The molecule has 1 saturated heterocycles. The van der Waals surface area contributed by atoms with Crippen molar-refractivity contribution in [3.05, 3.63) is 59.9 Å². The molecule has 214 valence electrons. The number of nitrogens with zero attached hydrogens (tertiary/aromatic N) is 3. The van der Waals surface area contributed by atoms with Crippen molar-refractivity contribution in [2.45, 2.75) is 96.0 Å². The number of nitrogens with one attached hydrogen (secondary N) is 1. The second kappa shape index (κ2) is 13.3. The molecule has 9 heteroatoms. The van der Waals surface area contributed by atoms with E-state index in [1.807, 2.05) is 32.0 Å². The fourth-order valence-electron chi connectivity index (χ4n) is 6.26. The number of piperidine rings is 1. The van der Waals surface area contributed by atoms with Crippen molar-refractivity contribution in [1.29, 1.82) is 0 Å². The maximum atomic E-state index is 14.3. The van der Waals surface area contributed by atoms with Gasteiger partial charge in [-0.1, -0.05) is 37.5 Å². The Hall–Kier alpha value is -2.35. The maximum Gasteiger partial charge on any atom is 0.350 e. The monoisotopic (exact) mass is 578 g/mol. The van der Waals surface area contributed by atoms with Crippen LogP contribution in [0.4, 0.5) is 14.9 Å². The zero-order valence-electron chi connectivity index (χ0n) is 23.1. The van der Waals surface area contributed by atoms with Crippen molar-refractivity contribution < 1.29 is 13.9 Å². The molecular weight excluding hydrogens is 538 g/mol. The smallest absolute Gasteiger partial charge is 0.350 e. The van der Waals surface area contributed by atoms with Crippen LogP contribution in [0.3, 0.4) is 0 Å². The van der Waals surface area contributed by atoms with Gasteiger partial charge in [0.05, 0.1) is 6.10 Å². The van der Waals surface area contributed by atoms with E-state index < -0.39 is 5.54 Å². The number of carbonyl (C=O) groups excluding carboxylic acids is 1. The molecule has 2 heterocycles. The third-order valence-electron chi connectivity index (χ3n) is 8.00. The van der Waals surface area contributed by atoms with Crippen LogP contribution in [-0.2, 0) is 6.54 Å². The molecule has 2 aromatic rings. The lowest BCUT2D eigenvalue weighted by Crippen LogP contribution is -2.63. The number of carbonyl (C=O) groups is 1. The first kappa shape index (κ1) is 31.2. The van der Waals surface area contributed by atoms with Gasteiger partial charge in [0.1, 0.15) is 22.9 Å². The number of rotatable bonds is 6. The van der Waals surface area contributed by atoms with E-state index in [1.165, 1.54) is 37.0 Å². The molecule has 2 atom stereocenters. The predicted octanol–water partition coefficient (Wildman–Crippen LogP) is 7.14. The number of ether oxygens (including phenoxy) is 1. The van der Waals surface area contributed by atoms with Gasteiger partial charge in [0.2, 0.25) is 0 Å². The van der Waals surface area contributed by atoms with Crippen LogP contribution in [0.15, 0.2) is 53.5 Å². The minimum Gasteiger partial charge on any atom is -0.491 e. The second-order valence-electron chi connectivity index (χ2n) is 11.2. The Bertz CT molecular complexity index is 1160. The molecule has 0 unspecified atom stereocenters. The van der Waals surface area contributed by atoms with Crippen LogP contribution in [0, 0.1) is 5.82 Å².